The molecule has 2 heterocycles. The van der Waals surface area contributed by atoms with Crippen LogP contribution >= 0.6 is 0 Å². The minimum absolute atomic E-state index is 0.0442. The van der Waals surface area contributed by atoms with E-state index in [1.165, 1.54) is 31.3 Å². The Morgan fingerprint density at radius 1 is 1.00 bits per heavy atom. The number of Topliss-reactive ketones (excluding diaryl/α,β-unsaturated/α-hetero) is 1. The molecule has 7 heteroatoms. The zero-order valence-electron chi connectivity index (χ0n) is 14.5. The monoisotopic (exact) mass is 357 g/mol. The van der Waals surface area contributed by atoms with Crippen molar-refractivity contribution in [1.29, 1.82) is 0 Å². The van der Waals surface area contributed by atoms with Crippen molar-refractivity contribution in [2.45, 2.75) is 13.3 Å². The molecule has 1 aromatic carbocycles. The van der Waals surface area contributed by atoms with Gasteiger partial charge in [-0.2, -0.15) is 0 Å². The molecule has 136 valence electrons. The second kappa shape index (κ2) is 7.51. The van der Waals surface area contributed by atoms with Gasteiger partial charge >= 0.3 is 0 Å². The van der Waals surface area contributed by atoms with Gasteiger partial charge in [0.2, 0.25) is 0 Å². The zero-order valence-corrected chi connectivity index (χ0v) is 14.5. The van der Waals surface area contributed by atoms with Crippen LogP contribution in [0, 0.1) is 5.82 Å². The molecule has 2 aromatic rings. The molecule has 0 atom stereocenters. The summed E-state index contributed by atoms with van der Waals surface area (Å²) >= 11 is 0. The minimum Gasteiger partial charge on any atom is -0.356 e. The molecule has 1 saturated heterocycles. The average molecular weight is 357 g/mol. The highest BCUT2D eigenvalue weighted by Crippen LogP contribution is 2.14. The van der Waals surface area contributed by atoms with Crippen molar-refractivity contribution in [3.05, 3.63) is 59.2 Å². The molecule has 0 aliphatic carbocycles. The van der Waals surface area contributed by atoms with Crippen LogP contribution in [0.15, 0.2) is 36.5 Å². The molecule has 0 bridgehead atoms. The van der Waals surface area contributed by atoms with Crippen molar-refractivity contribution < 1.29 is 18.8 Å². The highest BCUT2D eigenvalue weighted by Gasteiger charge is 2.25. The van der Waals surface area contributed by atoms with Crippen LogP contribution in [-0.2, 0) is 0 Å². The van der Waals surface area contributed by atoms with Crippen molar-refractivity contribution in [1.82, 2.24) is 14.8 Å². The molecule has 0 radical (unpaired) electrons. The third-order valence-electron chi connectivity index (χ3n) is 4.49. The number of hydrogen-bond donors (Lipinski definition) is 1. The molecule has 1 fully saturated rings. The number of benzene rings is 1. The van der Waals surface area contributed by atoms with E-state index in [1.54, 1.807) is 21.9 Å². The van der Waals surface area contributed by atoms with Crippen molar-refractivity contribution in [3.8, 4) is 0 Å². The smallest absolute Gasteiger partial charge is 0.270 e. The van der Waals surface area contributed by atoms with Gasteiger partial charge in [0.25, 0.3) is 11.8 Å². The Hall–Kier alpha value is -2.96. The van der Waals surface area contributed by atoms with Gasteiger partial charge in [-0.1, -0.05) is 12.1 Å². The number of ketones is 1. The van der Waals surface area contributed by atoms with E-state index < -0.39 is 5.82 Å². The SMILES string of the molecule is CC(=O)c1c[nH]c(C(=O)N2CCCN(C(=O)c3ccccc3F)CC2)c1. The maximum atomic E-state index is 13.8. The molecule has 1 N–H and O–H groups in total. The predicted molar refractivity (Wildman–Crippen MR) is 93.6 cm³/mol. The standard InChI is InChI=1S/C19H20FN3O3/c1-13(24)14-11-17(21-12-14)19(26)23-8-4-7-22(9-10-23)18(25)15-5-2-3-6-16(15)20/h2-3,5-6,11-12,21H,4,7-10H2,1H3. The number of halogens is 1. The Morgan fingerprint density at radius 2 is 1.65 bits per heavy atom. The average Bonchev–Trinajstić information content (AvgIpc) is 3.00. The van der Waals surface area contributed by atoms with Crippen LogP contribution in [0.5, 0.6) is 0 Å². The summed E-state index contributed by atoms with van der Waals surface area (Å²) in [6.07, 6.45) is 2.12. The van der Waals surface area contributed by atoms with Gasteiger partial charge in [0.15, 0.2) is 5.78 Å². The number of carbonyl (C=O) groups excluding carboxylic acids is 3. The first kappa shape index (κ1) is 17.8. The third-order valence-corrected chi connectivity index (χ3v) is 4.49. The fourth-order valence-electron chi connectivity index (χ4n) is 3.02. The van der Waals surface area contributed by atoms with Crippen LogP contribution in [0.25, 0.3) is 0 Å². The first-order valence-electron chi connectivity index (χ1n) is 8.50. The Labute approximate surface area is 150 Å². The summed E-state index contributed by atoms with van der Waals surface area (Å²) in [5.74, 6) is -1.23. The maximum absolute atomic E-state index is 13.8. The molecule has 6 nitrogen and oxygen atoms in total. The number of nitrogens with zero attached hydrogens (tertiary/aromatic N) is 2. The summed E-state index contributed by atoms with van der Waals surface area (Å²) in [4.78, 5) is 42.6. The second-order valence-electron chi connectivity index (χ2n) is 6.28. The first-order chi connectivity index (χ1) is 12.5. The van der Waals surface area contributed by atoms with E-state index in [1.807, 2.05) is 0 Å². The zero-order chi connectivity index (χ0) is 18.7. The topological polar surface area (TPSA) is 73.5 Å². The van der Waals surface area contributed by atoms with Crippen molar-refractivity contribution in [3.63, 3.8) is 0 Å². The fourth-order valence-corrected chi connectivity index (χ4v) is 3.02. The molecule has 1 aromatic heterocycles. The van der Waals surface area contributed by atoms with Gasteiger partial charge < -0.3 is 14.8 Å². The first-order valence-corrected chi connectivity index (χ1v) is 8.50. The van der Waals surface area contributed by atoms with Crippen LogP contribution < -0.4 is 0 Å². The Balaban J connectivity index is 1.68. The van der Waals surface area contributed by atoms with E-state index in [0.29, 0.717) is 43.9 Å². The normalized spacial score (nSPS) is 14.8. The van der Waals surface area contributed by atoms with Gasteiger partial charge in [-0.3, -0.25) is 14.4 Å². The molecule has 0 unspecified atom stereocenters. The van der Waals surface area contributed by atoms with Crippen LogP contribution in [0.3, 0.4) is 0 Å². The molecule has 1 aliphatic rings. The van der Waals surface area contributed by atoms with E-state index in [-0.39, 0.29) is 23.2 Å². The van der Waals surface area contributed by atoms with Gasteiger partial charge in [0.1, 0.15) is 11.5 Å². The van der Waals surface area contributed by atoms with Crippen molar-refractivity contribution in [2.75, 3.05) is 26.2 Å². The minimum atomic E-state index is -0.544. The van der Waals surface area contributed by atoms with E-state index in [2.05, 4.69) is 4.98 Å². The highest BCUT2D eigenvalue weighted by molar-refractivity contribution is 5.99. The molecule has 26 heavy (non-hydrogen) atoms. The third kappa shape index (κ3) is 3.66. The molecular weight excluding hydrogens is 337 g/mol. The molecule has 2 amide bonds. The van der Waals surface area contributed by atoms with Crippen molar-refractivity contribution >= 4 is 17.6 Å². The van der Waals surface area contributed by atoms with E-state index in [9.17, 15) is 18.8 Å². The van der Waals surface area contributed by atoms with E-state index in [0.717, 1.165) is 0 Å². The van der Waals surface area contributed by atoms with Crippen LogP contribution in [0.1, 0.15) is 44.5 Å². The Kier molecular flexibility index (Phi) is 5.16. The maximum Gasteiger partial charge on any atom is 0.270 e. The number of aromatic amines is 1. The van der Waals surface area contributed by atoms with Crippen molar-refractivity contribution in [2.24, 2.45) is 0 Å². The number of hydrogen-bond acceptors (Lipinski definition) is 3. The van der Waals surface area contributed by atoms with Gasteiger partial charge in [0, 0.05) is 37.9 Å². The lowest BCUT2D eigenvalue weighted by atomic mass is 10.2. The summed E-state index contributed by atoms with van der Waals surface area (Å²) < 4.78 is 13.8. The summed E-state index contributed by atoms with van der Waals surface area (Å²) in [5.41, 5.74) is 0.853. The molecule has 0 spiro atoms. The number of nitrogens with one attached hydrogen (secondary N) is 1. The Bertz CT molecular complexity index is 846. The fraction of sp³-hybridized carbons (Fsp3) is 0.316. The van der Waals surface area contributed by atoms with Gasteiger partial charge in [0.05, 0.1) is 5.56 Å². The highest BCUT2D eigenvalue weighted by atomic mass is 19.1. The summed E-state index contributed by atoms with van der Waals surface area (Å²) in [6.45, 7) is 3.08. The quantitative estimate of drug-likeness (QED) is 0.857. The molecule has 0 saturated carbocycles. The summed E-state index contributed by atoms with van der Waals surface area (Å²) in [5, 5.41) is 0. The van der Waals surface area contributed by atoms with Gasteiger partial charge in [-0.25, -0.2) is 4.39 Å². The molecule has 1 aliphatic heterocycles. The van der Waals surface area contributed by atoms with Crippen LogP contribution in [-0.4, -0.2) is 58.6 Å². The Morgan fingerprint density at radius 3 is 2.27 bits per heavy atom. The number of aromatic nitrogens is 1. The van der Waals surface area contributed by atoms with E-state index >= 15 is 0 Å². The lowest BCUT2D eigenvalue weighted by Crippen LogP contribution is -2.37. The molecular formula is C19H20FN3O3. The summed E-state index contributed by atoms with van der Waals surface area (Å²) in [6, 6.07) is 7.44. The number of H-pyrrole nitrogens is 1. The van der Waals surface area contributed by atoms with Crippen LogP contribution in [0.2, 0.25) is 0 Å². The van der Waals surface area contributed by atoms with E-state index in [4.69, 9.17) is 0 Å². The second-order valence-corrected chi connectivity index (χ2v) is 6.28. The largest absolute Gasteiger partial charge is 0.356 e. The predicted octanol–water partition coefficient (Wildman–Crippen LogP) is 2.34. The lowest BCUT2D eigenvalue weighted by Gasteiger charge is -2.22. The molecule has 3 rings (SSSR count). The summed E-state index contributed by atoms with van der Waals surface area (Å²) in [7, 11) is 0. The van der Waals surface area contributed by atoms with Crippen LogP contribution in [0.4, 0.5) is 4.39 Å². The van der Waals surface area contributed by atoms with Gasteiger partial charge in [-0.15, -0.1) is 0 Å². The number of rotatable bonds is 3. The van der Waals surface area contributed by atoms with Gasteiger partial charge in [-0.05, 0) is 31.5 Å². The number of carbonyl (C=O) groups is 3. The lowest BCUT2D eigenvalue weighted by molar-refractivity contribution is 0.0713. The number of amides is 2.